The molecule has 26 heavy (non-hydrogen) atoms. The number of rotatable bonds is 3. The normalized spacial score (nSPS) is 24.5. The molecule has 2 bridgehead atoms. The van der Waals surface area contributed by atoms with Gasteiger partial charge in [-0.05, 0) is 50.3 Å². The maximum absolute atomic E-state index is 13.0. The number of aryl methyl sites for hydroxylation is 1. The van der Waals surface area contributed by atoms with Crippen LogP contribution >= 0.6 is 0 Å². The van der Waals surface area contributed by atoms with Gasteiger partial charge in [-0.25, -0.2) is 0 Å². The number of aromatic nitrogens is 1. The maximum atomic E-state index is 13.0. The Kier molecular flexibility index (Phi) is 4.24. The molecule has 2 aromatic rings. The molecular weight excluding hydrogens is 334 g/mol. The molecule has 2 fully saturated rings. The monoisotopic (exact) mass is 355 g/mol. The Morgan fingerprint density at radius 1 is 1.23 bits per heavy atom. The quantitative estimate of drug-likeness (QED) is 0.881. The van der Waals surface area contributed by atoms with E-state index in [4.69, 9.17) is 4.52 Å². The summed E-state index contributed by atoms with van der Waals surface area (Å²) in [5.41, 5.74) is 1.96. The molecule has 2 aliphatic rings. The van der Waals surface area contributed by atoms with E-state index in [9.17, 15) is 14.7 Å². The van der Waals surface area contributed by atoms with Crippen molar-refractivity contribution in [3.63, 3.8) is 0 Å². The predicted molar refractivity (Wildman–Crippen MR) is 93.9 cm³/mol. The second-order valence-electron chi connectivity index (χ2n) is 7.08. The number of piperidine rings is 1. The van der Waals surface area contributed by atoms with Crippen LogP contribution < -0.4 is 5.32 Å². The summed E-state index contributed by atoms with van der Waals surface area (Å²) in [7, 11) is 0. The zero-order valence-corrected chi connectivity index (χ0v) is 14.5. The smallest absolute Gasteiger partial charge is 0.294 e. The van der Waals surface area contributed by atoms with E-state index in [1.807, 2.05) is 17.9 Å². The van der Waals surface area contributed by atoms with Gasteiger partial charge in [-0.3, -0.25) is 9.59 Å². The van der Waals surface area contributed by atoms with Crippen molar-refractivity contribution in [2.45, 2.75) is 50.8 Å². The first-order valence-corrected chi connectivity index (χ1v) is 8.86. The van der Waals surface area contributed by atoms with E-state index in [2.05, 4.69) is 10.5 Å². The Bertz CT molecular complexity index is 819. The molecule has 7 nitrogen and oxygen atoms in total. The first-order chi connectivity index (χ1) is 12.5. The van der Waals surface area contributed by atoms with Crippen LogP contribution in [-0.2, 0) is 0 Å². The van der Waals surface area contributed by atoms with Crippen LogP contribution in [-0.4, -0.2) is 45.2 Å². The summed E-state index contributed by atoms with van der Waals surface area (Å²) in [5, 5.41) is 16.2. The van der Waals surface area contributed by atoms with Crippen LogP contribution in [0.2, 0.25) is 0 Å². The highest BCUT2D eigenvalue weighted by atomic mass is 16.5. The number of amides is 2. The van der Waals surface area contributed by atoms with Crippen LogP contribution in [0.5, 0.6) is 0 Å². The van der Waals surface area contributed by atoms with Crippen LogP contribution in [0.4, 0.5) is 5.69 Å². The predicted octanol–water partition coefficient (Wildman–Crippen LogP) is 2.36. The second kappa shape index (κ2) is 6.57. The molecule has 2 N–H and O–H groups in total. The number of benzene rings is 1. The summed E-state index contributed by atoms with van der Waals surface area (Å²) < 4.78 is 4.87. The van der Waals surface area contributed by atoms with Crippen LogP contribution in [0.15, 0.2) is 35.0 Å². The Balaban J connectivity index is 1.56. The Labute approximate surface area is 151 Å². The van der Waals surface area contributed by atoms with Gasteiger partial charge in [0.15, 0.2) is 0 Å². The Morgan fingerprint density at radius 2 is 1.96 bits per heavy atom. The number of fused-ring (bicyclic) bond motifs is 2. The van der Waals surface area contributed by atoms with Crippen molar-refractivity contribution in [2.24, 2.45) is 0 Å². The zero-order chi connectivity index (χ0) is 18.3. The lowest BCUT2D eigenvalue weighted by atomic mass is 9.98. The number of hydrogen-bond donors (Lipinski definition) is 2. The van der Waals surface area contributed by atoms with E-state index in [0.717, 1.165) is 18.4 Å². The van der Waals surface area contributed by atoms with Crippen molar-refractivity contribution in [2.75, 3.05) is 5.32 Å². The average Bonchev–Trinajstić information content (AvgIpc) is 3.23. The molecule has 0 radical (unpaired) electrons. The Morgan fingerprint density at radius 3 is 2.62 bits per heavy atom. The van der Waals surface area contributed by atoms with Gasteiger partial charge in [-0.15, -0.1) is 0 Å². The summed E-state index contributed by atoms with van der Waals surface area (Å²) in [5.74, 6) is -0.333. The number of aliphatic hydroxyl groups is 1. The lowest BCUT2D eigenvalue weighted by molar-refractivity contribution is 0.0287. The van der Waals surface area contributed by atoms with Gasteiger partial charge in [0.25, 0.3) is 11.8 Å². The molecule has 3 atom stereocenters. The third-order valence-corrected chi connectivity index (χ3v) is 5.34. The standard InChI is InChI=1S/C19H21N3O4/c1-11-2-3-12(8-16(11)21-18(24)17-6-7-20-26-17)19(25)22-13-4-5-14(22)10-15(23)9-13/h2-3,6-8,13-15,23H,4-5,9-10H2,1H3,(H,21,24)/t13-,14+,15?. The van der Waals surface area contributed by atoms with Crippen LogP contribution in [0, 0.1) is 6.92 Å². The molecule has 0 saturated carbocycles. The second-order valence-corrected chi connectivity index (χ2v) is 7.08. The van der Waals surface area contributed by atoms with Crippen LogP contribution in [0.1, 0.15) is 52.2 Å². The molecule has 0 aliphatic carbocycles. The van der Waals surface area contributed by atoms with E-state index < -0.39 is 5.91 Å². The fraction of sp³-hybridized carbons (Fsp3) is 0.421. The highest BCUT2D eigenvalue weighted by Gasteiger charge is 2.42. The van der Waals surface area contributed by atoms with Gasteiger partial charge in [-0.2, -0.15) is 0 Å². The molecule has 3 heterocycles. The topological polar surface area (TPSA) is 95.7 Å². The number of carbonyl (C=O) groups excluding carboxylic acids is 2. The number of nitrogens with zero attached hydrogens (tertiary/aromatic N) is 2. The van der Waals surface area contributed by atoms with Crippen molar-refractivity contribution in [3.05, 3.63) is 47.3 Å². The molecule has 1 aromatic carbocycles. The van der Waals surface area contributed by atoms with Crippen LogP contribution in [0.25, 0.3) is 0 Å². The number of anilines is 1. The van der Waals surface area contributed by atoms with Crippen molar-refractivity contribution in [1.29, 1.82) is 0 Å². The fourth-order valence-electron chi connectivity index (χ4n) is 4.04. The molecule has 2 amide bonds. The lowest BCUT2D eigenvalue weighted by Gasteiger charge is -2.37. The number of nitrogens with one attached hydrogen (secondary N) is 1. The van der Waals surface area contributed by atoms with Crippen LogP contribution in [0.3, 0.4) is 0 Å². The molecule has 2 aliphatic heterocycles. The summed E-state index contributed by atoms with van der Waals surface area (Å²) in [4.78, 5) is 27.2. The summed E-state index contributed by atoms with van der Waals surface area (Å²) >= 11 is 0. The van der Waals surface area contributed by atoms with Gasteiger partial charge in [0, 0.05) is 29.4 Å². The minimum atomic E-state index is -0.406. The third-order valence-electron chi connectivity index (χ3n) is 5.34. The van der Waals surface area contributed by atoms with Gasteiger partial charge in [0.2, 0.25) is 5.76 Å². The first-order valence-electron chi connectivity index (χ1n) is 8.86. The zero-order valence-electron chi connectivity index (χ0n) is 14.5. The highest BCUT2D eigenvalue weighted by Crippen LogP contribution is 2.37. The summed E-state index contributed by atoms with van der Waals surface area (Å²) in [6.45, 7) is 1.87. The van der Waals surface area contributed by atoms with E-state index >= 15 is 0 Å². The third kappa shape index (κ3) is 2.99. The average molecular weight is 355 g/mol. The molecular formula is C19H21N3O4. The van der Waals surface area contributed by atoms with E-state index in [0.29, 0.717) is 24.1 Å². The fourth-order valence-corrected chi connectivity index (χ4v) is 4.04. The van der Waals surface area contributed by atoms with Crippen molar-refractivity contribution >= 4 is 17.5 Å². The number of hydrogen-bond acceptors (Lipinski definition) is 5. The molecule has 1 unspecified atom stereocenters. The summed E-state index contributed by atoms with van der Waals surface area (Å²) in [6, 6.07) is 7.00. The number of carbonyl (C=O) groups is 2. The van der Waals surface area contributed by atoms with E-state index in [-0.39, 0.29) is 29.9 Å². The minimum Gasteiger partial charge on any atom is -0.393 e. The Hall–Kier alpha value is -2.67. The van der Waals surface area contributed by atoms with Crippen molar-refractivity contribution < 1.29 is 19.2 Å². The molecule has 1 aromatic heterocycles. The van der Waals surface area contributed by atoms with Gasteiger partial charge in [0.05, 0.1) is 12.3 Å². The van der Waals surface area contributed by atoms with Crippen molar-refractivity contribution in [1.82, 2.24) is 10.1 Å². The minimum absolute atomic E-state index is 0.0421. The van der Waals surface area contributed by atoms with Gasteiger partial charge in [-0.1, -0.05) is 11.2 Å². The lowest BCUT2D eigenvalue weighted by Crippen LogP contribution is -2.48. The molecule has 4 rings (SSSR count). The maximum Gasteiger partial charge on any atom is 0.294 e. The largest absolute Gasteiger partial charge is 0.393 e. The van der Waals surface area contributed by atoms with Gasteiger partial charge >= 0.3 is 0 Å². The SMILES string of the molecule is Cc1ccc(C(=O)N2[C@@H]3CC[C@H]2CC(O)C3)cc1NC(=O)c1ccno1. The molecule has 7 heteroatoms. The van der Waals surface area contributed by atoms with Crippen molar-refractivity contribution in [3.8, 4) is 0 Å². The van der Waals surface area contributed by atoms with E-state index in [1.165, 1.54) is 12.3 Å². The molecule has 2 saturated heterocycles. The summed E-state index contributed by atoms with van der Waals surface area (Å²) in [6.07, 6.45) is 4.25. The van der Waals surface area contributed by atoms with Gasteiger partial charge in [0.1, 0.15) is 0 Å². The number of aliphatic hydroxyl groups excluding tert-OH is 1. The highest BCUT2D eigenvalue weighted by molar-refractivity contribution is 6.04. The van der Waals surface area contributed by atoms with Gasteiger partial charge < -0.3 is 19.8 Å². The molecule has 0 spiro atoms. The first kappa shape index (κ1) is 16.8. The van der Waals surface area contributed by atoms with E-state index in [1.54, 1.807) is 12.1 Å². The molecule has 136 valence electrons.